The molecule has 0 fully saturated rings. The van der Waals surface area contributed by atoms with Gasteiger partial charge in [0.1, 0.15) is 40.2 Å². The Bertz CT molecular complexity index is 1720. The monoisotopic (exact) mass is 566 g/mol. The lowest BCUT2D eigenvalue weighted by atomic mass is 9.65. The highest BCUT2D eigenvalue weighted by Gasteiger charge is 2.42. The van der Waals surface area contributed by atoms with Crippen LogP contribution in [0.2, 0.25) is 0 Å². The molecule has 4 aromatic carbocycles. The molecule has 0 saturated heterocycles. The standard InChI is InChI=1S/C34H30O8/c1-18-10-28(25-7-5-21(35)16-31(25)40)33(34(42)26-8-6-22(36)17-32(26)41)29(11-18)27-14-19(4-9-30(27)39)2-3-20-12-23(37)15-24(38)13-20/h2-9,11-17,28-29,33,35-41H,10H2,1H3/t28-,29+,33-/m1/s1. The SMILES string of the molecule is CC1=C[C@@H](c2cc(C=Cc3cc(O)cc(O)c3)ccc2O)[C@H](C(=O)c2ccc(O)cc2O)[C@@H](c2ccc(O)cc2O)C1. The van der Waals surface area contributed by atoms with Gasteiger partial charge in [0.05, 0.1) is 5.56 Å². The third-order valence-electron chi connectivity index (χ3n) is 7.59. The van der Waals surface area contributed by atoms with Gasteiger partial charge in [-0.3, -0.25) is 4.79 Å². The molecule has 8 nitrogen and oxygen atoms in total. The van der Waals surface area contributed by atoms with E-state index in [1.165, 1.54) is 48.5 Å². The molecular weight excluding hydrogens is 536 g/mol. The molecule has 0 bridgehead atoms. The van der Waals surface area contributed by atoms with Crippen LogP contribution >= 0.6 is 0 Å². The number of rotatable bonds is 6. The van der Waals surface area contributed by atoms with E-state index in [1.807, 2.05) is 13.0 Å². The zero-order chi connectivity index (χ0) is 30.1. The maximum absolute atomic E-state index is 14.2. The van der Waals surface area contributed by atoms with Crippen molar-refractivity contribution in [3.63, 3.8) is 0 Å². The highest BCUT2D eigenvalue weighted by atomic mass is 16.3. The van der Waals surface area contributed by atoms with Gasteiger partial charge >= 0.3 is 0 Å². The molecule has 214 valence electrons. The first-order valence-electron chi connectivity index (χ1n) is 13.3. The third kappa shape index (κ3) is 5.74. The Balaban J connectivity index is 1.63. The topological polar surface area (TPSA) is 159 Å². The summed E-state index contributed by atoms with van der Waals surface area (Å²) >= 11 is 0. The number of aromatic hydroxyl groups is 7. The number of phenolic OH excluding ortho intramolecular Hbond substituents is 7. The summed E-state index contributed by atoms with van der Waals surface area (Å²) in [6.07, 6.45) is 5.71. The molecule has 0 spiro atoms. The summed E-state index contributed by atoms with van der Waals surface area (Å²) < 4.78 is 0. The van der Waals surface area contributed by atoms with E-state index in [1.54, 1.807) is 30.4 Å². The van der Waals surface area contributed by atoms with Crippen molar-refractivity contribution in [1.82, 2.24) is 0 Å². The largest absolute Gasteiger partial charge is 0.508 e. The van der Waals surface area contributed by atoms with E-state index in [-0.39, 0.29) is 40.1 Å². The molecule has 0 unspecified atom stereocenters. The highest BCUT2D eigenvalue weighted by Crippen LogP contribution is 2.51. The number of allylic oxidation sites excluding steroid dienone is 2. The number of ketones is 1. The number of hydrogen-bond donors (Lipinski definition) is 7. The summed E-state index contributed by atoms with van der Waals surface area (Å²) in [6.45, 7) is 1.89. The van der Waals surface area contributed by atoms with Crippen LogP contribution in [0.15, 0.2) is 84.4 Å². The molecule has 4 aromatic rings. The molecule has 42 heavy (non-hydrogen) atoms. The molecule has 5 rings (SSSR count). The van der Waals surface area contributed by atoms with Crippen LogP contribution in [0.4, 0.5) is 0 Å². The smallest absolute Gasteiger partial charge is 0.171 e. The first kappa shape index (κ1) is 28.2. The Kier molecular flexibility index (Phi) is 7.55. The van der Waals surface area contributed by atoms with Gasteiger partial charge in [0.25, 0.3) is 0 Å². The second-order valence-corrected chi connectivity index (χ2v) is 10.6. The molecule has 0 saturated carbocycles. The zero-order valence-electron chi connectivity index (χ0n) is 22.6. The quantitative estimate of drug-likeness (QED) is 0.0790. The lowest BCUT2D eigenvalue weighted by Gasteiger charge is -2.37. The van der Waals surface area contributed by atoms with Crippen LogP contribution in [-0.2, 0) is 0 Å². The van der Waals surface area contributed by atoms with Crippen LogP contribution in [0, 0.1) is 5.92 Å². The second-order valence-electron chi connectivity index (χ2n) is 10.6. The van der Waals surface area contributed by atoms with E-state index in [0.717, 1.165) is 11.6 Å². The number of carbonyl (C=O) groups excluding carboxylic acids is 1. The van der Waals surface area contributed by atoms with Crippen LogP contribution in [0.5, 0.6) is 40.2 Å². The first-order valence-corrected chi connectivity index (χ1v) is 13.3. The number of carbonyl (C=O) groups is 1. The van der Waals surface area contributed by atoms with Crippen LogP contribution in [0.1, 0.15) is 57.8 Å². The Morgan fingerprint density at radius 1 is 0.643 bits per heavy atom. The highest BCUT2D eigenvalue weighted by molar-refractivity contribution is 6.02. The van der Waals surface area contributed by atoms with Gasteiger partial charge in [-0.1, -0.05) is 35.9 Å². The Morgan fingerprint density at radius 3 is 1.95 bits per heavy atom. The van der Waals surface area contributed by atoms with Crippen molar-refractivity contribution in [3.05, 3.63) is 112 Å². The van der Waals surface area contributed by atoms with Crippen LogP contribution < -0.4 is 0 Å². The zero-order valence-corrected chi connectivity index (χ0v) is 22.6. The fourth-order valence-electron chi connectivity index (χ4n) is 5.74. The molecular formula is C34H30O8. The molecule has 7 N–H and O–H groups in total. The van der Waals surface area contributed by atoms with Gasteiger partial charge in [-0.2, -0.15) is 0 Å². The minimum Gasteiger partial charge on any atom is -0.508 e. The first-order chi connectivity index (χ1) is 20.0. The molecule has 1 aliphatic rings. The van der Waals surface area contributed by atoms with Gasteiger partial charge in [0.2, 0.25) is 0 Å². The Hall–Kier alpha value is -5.37. The third-order valence-corrected chi connectivity index (χ3v) is 7.59. The summed E-state index contributed by atoms with van der Waals surface area (Å²) in [6, 6.07) is 17.1. The van der Waals surface area contributed by atoms with Crippen molar-refractivity contribution in [2.75, 3.05) is 0 Å². The van der Waals surface area contributed by atoms with Crippen LogP contribution in [0.3, 0.4) is 0 Å². The summed E-state index contributed by atoms with van der Waals surface area (Å²) in [5.74, 6) is -3.77. The molecule has 0 radical (unpaired) electrons. The number of Topliss-reactive ketones (excluding diaryl/α,β-unsaturated/α-hetero) is 1. The summed E-state index contributed by atoms with van der Waals surface area (Å²) in [5.41, 5.74) is 2.99. The van der Waals surface area contributed by atoms with E-state index in [4.69, 9.17) is 0 Å². The van der Waals surface area contributed by atoms with E-state index in [2.05, 4.69) is 0 Å². The summed E-state index contributed by atoms with van der Waals surface area (Å²) in [4.78, 5) is 14.2. The molecule has 1 aliphatic carbocycles. The Labute approximate surface area is 242 Å². The minimum atomic E-state index is -0.896. The summed E-state index contributed by atoms with van der Waals surface area (Å²) in [7, 11) is 0. The predicted octanol–water partition coefficient (Wildman–Crippen LogP) is 6.51. The van der Waals surface area contributed by atoms with Crippen molar-refractivity contribution in [2.24, 2.45) is 5.92 Å². The van der Waals surface area contributed by atoms with Crippen molar-refractivity contribution in [1.29, 1.82) is 0 Å². The summed E-state index contributed by atoms with van der Waals surface area (Å²) in [5, 5.41) is 71.7. The average molecular weight is 567 g/mol. The lowest BCUT2D eigenvalue weighted by Crippen LogP contribution is -2.31. The lowest BCUT2D eigenvalue weighted by molar-refractivity contribution is 0.0877. The molecule has 0 aliphatic heterocycles. The molecule has 3 atom stereocenters. The number of benzene rings is 4. The van der Waals surface area contributed by atoms with Crippen molar-refractivity contribution >= 4 is 17.9 Å². The van der Waals surface area contributed by atoms with Gasteiger partial charge in [0.15, 0.2) is 5.78 Å². The number of hydrogen-bond acceptors (Lipinski definition) is 8. The average Bonchev–Trinajstić information content (AvgIpc) is 2.91. The molecule has 0 aromatic heterocycles. The van der Waals surface area contributed by atoms with Crippen molar-refractivity contribution in [2.45, 2.75) is 25.2 Å². The molecule has 0 amide bonds. The van der Waals surface area contributed by atoms with Gasteiger partial charge in [-0.25, -0.2) is 0 Å². The van der Waals surface area contributed by atoms with E-state index < -0.39 is 29.3 Å². The van der Waals surface area contributed by atoms with Crippen molar-refractivity contribution < 1.29 is 40.5 Å². The van der Waals surface area contributed by atoms with Gasteiger partial charge in [-0.15, -0.1) is 0 Å². The normalized spacial score (nSPS) is 18.6. The molecule has 0 heterocycles. The fraction of sp³-hybridized carbons (Fsp3) is 0.147. The predicted molar refractivity (Wildman–Crippen MR) is 158 cm³/mol. The van der Waals surface area contributed by atoms with Gasteiger partial charge in [0, 0.05) is 41.5 Å². The maximum Gasteiger partial charge on any atom is 0.171 e. The van der Waals surface area contributed by atoms with E-state index in [9.17, 15) is 40.5 Å². The number of phenols is 7. The van der Waals surface area contributed by atoms with E-state index >= 15 is 0 Å². The Morgan fingerprint density at radius 2 is 1.29 bits per heavy atom. The van der Waals surface area contributed by atoms with Crippen molar-refractivity contribution in [3.8, 4) is 40.2 Å². The maximum atomic E-state index is 14.2. The fourth-order valence-corrected chi connectivity index (χ4v) is 5.74. The van der Waals surface area contributed by atoms with Gasteiger partial charge in [-0.05, 0) is 72.5 Å². The minimum absolute atomic E-state index is 0.0155. The van der Waals surface area contributed by atoms with Crippen LogP contribution in [0.25, 0.3) is 12.2 Å². The van der Waals surface area contributed by atoms with Crippen LogP contribution in [-0.4, -0.2) is 41.5 Å². The molecule has 8 heteroatoms. The second kappa shape index (κ2) is 11.2. The van der Waals surface area contributed by atoms with E-state index in [0.29, 0.717) is 28.7 Å². The van der Waals surface area contributed by atoms with Gasteiger partial charge < -0.3 is 35.7 Å².